The van der Waals surface area contributed by atoms with Crippen molar-refractivity contribution in [3.05, 3.63) is 92.7 Å². The molecule has 0 atom stereocenters. The molecule has 0 spiro atoms. The SMILES string of the molecule is C=C/C(=C(C)\C=N/Cc1ccnc(C(C)(C)O)n1)n1c(C)cc(OCc2cc(C)cnn2)c(Cl)c1=O. The van der Waals surface area contributed by atoms with Gasteiger partial charge in [0.05, 0.1) is 24.1 Å². The maximum Gasteiger partial charge on any atom is 0.277 e. The lowest BCUT2D eigenvalue weighted by Gasteiger charge is -2.16. The minimum atomic E-state index is -1.15. The van der Waals surface area contributed by atoms with Gasteiger partial charge in [0.15, 0.2) is 5.82 Å². The van der Waals surface area contributed by atoms with Crippen molar-refractivity contribution in [2.45, 2.75) is 53.4 Å². The molecule has 1 N–H and O–H groups in total. The van der Waals surface area contributed by atoms with Gasteiger partial charge >= 0.3 is 0 Å². The van der Waals surface area contributed by atoms with E-state index in [1.54, 1.807) is 57.6 Å². The number of ether oxygens (including phenoxy) is 1. The molecule has 3 heterocycles. The van der Waals surface area contributed by atoms with Crippen molar-refractivity contribution in [2.24, 2.45) is 4.99 Å². The summed E-state index contributed by atoms with van der Waals surface area (Å²) in [5.41, 5.74) is 2.51. The molecule has 0 aliphatic heterocycles. The van der Waals surface area contributed by atoms with E-state index in [0.29, 0.717) is 34.2 Å². The third kappa shape index (κ3) is 6.50. The smallest absolute Gasteiger partial charge is 0.277 e. The van der Waals surface area contributed by atoms with E-state index in [-0.39, 0.29) is 23.9 Å². The Kier molecular flexibility index (Phi) is 8.49. The molecule has 0 aliphatic rings. The Morgan fingerprint density at radius 3 is 2.72 bits per heavy atom. The molecular formula is C26H29ClN6O3. The number of allylic oxidation sites excluding steroid dienone is 3. The number of aryl methyl sites for hydroxylation is 2. The first-order valence-electron chi connectivity index (χ1n) is 11.2. The summed E-state index contributed by atoms with van der Waals surface area (Å²) >= 11 is 6.39. The monoisotopic (exact) mass is 508 g/mol. The molecule has 0 bridgehead atoms. The Balaban J connectivity index is 1.85. The quantitative estimate of drug-likeness (QED) is 0.340. The van der Waals surface area contributed by atoms with Gasteiger partial charge in [-0.1, -0.05) is 18.2 Å². The number of hydrogen-bond acceptors (Lipinski definition) is 8. The summed E-state index contributed by atoms with van der Waals surface area (Å²) in [6.45, 7) is 13.0. The molecule has 3 aromatic rings. The molecule has 0 amide bonds. The molecule has 0 unspecified atom stereocenters. The Hall–Kier alpha value is -3.69. The Morgan fingerprint density at radius 1 is 1.31 bits per heavy atom. The van der Waals surface area contributed by atoms with Crippen LogP contribution in [0.3, 0.4) is 0 Å². The highest BCUT2D eigenvalue weighted by Crippen LogP contribution is 2.25. The molecule has 0 fully saturated rings. The third-order valence-electron chi connectivity index (χ3n) is 5.15. The summed E-state index contributed by atoms with van der Waals surface area (Å²) in [4.78, 5) is 26.1. The van der Waals surface area contributed by atoms with E-state index in [0.717, 1.165) is 5.56 Å². The molecule has 188 valence electrons. The lowest BCUT2D eigenvalue weighted by molar-refractivity contribution is 0.0684. The maximum absolute atomic E-state index is 13.2. The van der Waals surface area contributed by atoms with Crippen molar-refractivity contribution >= 4 is 23.5 Å². The largest absolute Gasteiger partial charge is 0.485 e. The van der Waals surface area contributed by atoms with Crippen molar-refractivity contribution in [3.63, 3.8) is 0 Å². The van der Waals surface area contributed by atoms with Crippen molar-refractivity contribution in [2.75, 3.05) is 0 Å². The number of hydrogen-bond donors (Lipinski definition) is 1. The van der Waals surface area contributed by atoms with E-state index in [2.05, 4.69) is 31.7 Å². The van der Waals surface area contributed by atoms with Gasteiger partial charge in [-0.25, -0.2) is 9.97 Å². The Bertz CT molecular complexity index is 1390. The number of rotatable bonds is 9. The second-order valence-electron chi connectivity index (χ2n) is 8.79. The number of pyridine rings is 1. The first-order chi connectivity index (χ1) is 17.0. The molecule has 0 aliphatic carbocycles. The fourth-order valence-electron chi connectivity index (χ4n) is 3.38. The van der Waals surface area contributed by atoms with E-state index in [9.17, 15) is 9.90 Å². The highest BCUT2D eigenvalue weighted by molar-refractivity contribution is 6.31. The van der Waals surface area contributed by atoms with Gasteiger partial charge in [-0.05, 0) is 64.0 Å². The average molecular weight is 509 g/mol. The van der Waals surface area contributed by atoms with Gasteiger partial charge in [0.25, 0.3) is 5.56 Å². The summed E-state index contributed by atoms with van der Waals surface area (Å²) in [6.07, 6.45) is 6.45. The summed E-state index contributed by atoms with van der Waals surface area (Å²) in [7, 11) is 0. The van der Waals surface area contributed by atoms with Gasteiger partial charge in [0.1, 0.15) is 28.7 Å². The van der Waals surface area contributed by atoms with Crippen LogP contribution < -0.4 is 10.3 Å². The minimum Gasteiger partial charge on any atom is -0.485 e. The van der Waals surface area contributed by atoms with Crippen LogP contribution in [0.5, 0.6) is 5.75 Å². The van der Waals surface area contributed by atoms with E-state index in [4.69, 9.17) is 16.3 Å². The fraction of sp³-hybridized carbons (Fsp3) is 0.308. The van der Waals surface area contributed by atoms with Crippen molar-refractivity contribution < 1.29 is 9.84 Å². The van der Waals surface area contributed by atoms with Gasteiger partial charge < -0.3 is 9.84 Å². The van der Waals surface area contributed by atoms with Crippen LogP contribution in [-0.2, 0) is 18.8 Å². The predicted molar refractivity (Wildman–Crippen MR) is 140 cm³/mol. The van der Waals surface area contributed by atoms with E-state index >= 15 is 0 Å². The predicted octanol–water partition coefficient (Wildman–Crippen LogP) is 4.19. The van der Waals surface area contributed by atoms with Crippen LogP contribution in [0.4, 0.5) is 0 Å². The van der Waals surface area contributed by atoms with E-state index < -0.39 is 11.2 Å². The van der Waals surface area contributed by atoms with Crippen LogP contribution >= 0.6 is 11.6 Å². The number of aliphatic hydroxyl groups is 1. The van der Waals surface area contributed by atoms with Crippen LogP contribution in [0.25, 0.3) is 5.70 Å². The summed E-state index contributed by atoms with van der Waals surface area (Å²) in [6, 6.07) is 5.28. The van der Waals surface area contributed by atoms with Crippen LogP contribution in [0.15, 0.2) is 58.6 Å². The number of aliphatic imine (C=N–C) groups is 1. The average Bonchev–Trinajstić information content (AvgIpc) is 2.83. The zero-order valence-corrected chi connectivity index (χ0v) is 21.7. The van der Waals surface area contributed by atoms with Gasteiger partial charge in [-0.2, -0.15) is 10.2 Å². The standard InChI is InChI=1S/C26H29ClN6O3/c1-7-21(17(3)13-28-14-19-8-9-29-25(31-19)26(5,6)35)33-18(4)11-22(23(27)24(33)34)36-15-20-10-16(2)12-30-32-20/h7-13,35H,1,14-15H2,2-6H3/b21-17+,28-13-. The van der Waals surface area contributed by atoms with Crippen molar-refractivity contribution in [1.82, 2.24) is 24.7 Å². The van der Waals surface area contributed by atoms with Crippen molar-refractivity contribution in [1.29, 1.82) is 0 Å². The topological polar surface area (TPSA) is 115 Å². The molecule has 3 aromatic heterocycles. The molecular weight excluding hydrogens is 480 g/mol. The van der Waals surface area contributed by atoms with E-state index in [1.165, 1.54) is 4.57 Å². The van der Waals surface area contributed by atoms with E-state index in [1.807, 2.05) is 19.9 Å². The molecule has 0 radical (unpaired) electrons. The molecule has 0 aromatic carbocycles. The molecule has 9 nitrogen and oxygen atoms in total. The third-order valence-corrected chi connectivity index (χ3v) is 5.50. The van der Waals surface area contributed by atoms with Crippen LogP contribution in [-0.4, -0.2) is 36.1 Å². The van der Waals surface area contributed by atoms with Gasteiger partial charge in [0.2, 0.25) is 0 Å². The molecule has 0 saturated carbocycles. The zero-order valence-electron chi connectivity index (χ0n) is 21.0. The Morgan fingerprint density at radius 2 is 2.06 bits per heavy atom. The Labute approximate surface area is 214 Å². The summed E-state index contributed by atoms with van der Waals surface area (Å²) in [5, 5.41) is 18.0. The number of nitrogens with zero attached hydrogens (tertiary/aromatic N) is 6. The van der Waals surface area contributed by atoms with Crippen LogP contribution in [0.2, 0.25) is 5.02 Å². The maximum atomic E-state index is 13.2. The second-order valence-corrected chi connectivity index (χ2v) is 9.17. The molecule has 3 rings (SSSR count). The number of aromatic nitrogens is 5. The lowest BCUT2D eigenvalue weighted by atomic mass is 10.1. The fourth-order valence-corrected chi connectivity index (χ4v) is 3.57. The van der Waals surface area contributed by atoms with Gasteiger partial charge in [-0.15, -0.1) is 0 Å². The first kappa shape index (κ1) is 26.9. The lowest BCUT2D eigenvalue weighted by Crippen LogP contribution is -2.23. The van der Waals surface area contributed by atoms with Crippen LogP contribution in [0.1, 0.15) is 49.2 Å². The highest BCUT2D eigenvalue weighted by Gasteiger charge is 2.19. The summed E-state index contributed by atoms with van der Waals surface area (Å²) in [5.74, 6) is 0.586. The van der Waals surface area contributed by atoms with Gasteiger partial charge in [-0.3, -0.25) is 14.4 Å². The van der Waals surface area contributed by atoms with Crippen LogP contribution in [0, 0.1) is 13.8 Å². The first-order valence-corrected chi connectivity index (χ1v) is 11.6. The zero-order chi connectivity index (χ0) is 26.5. The highest BCUT2D eigenvalue weighted by atomic mass is 35.5. The second kappa shape index (κ2) is 11.4. The van der Waals surface area contributed by atoms with Gasteiger partial charge in [0, 0.05) is 24.2 Å². The molecule has 0 saturated heterocycles. The summed E-state index contributed by atoms with van der Waals surface area (Å²) < 4.78 is 7.24. The van der Waals surface area contributed by atoms with Crippen molar-refractivity contribution in [3.8, 4) is 5.75 Å². The number of halogens is 1. The normalized spacial score (nSPS) is 12.5. The molecule has 36 heavy (non-hydrogen) atoms. The molecule has 10 heteroatoms. The minimum absolute atomic E-state index is 0.0505.